The Balaban J connectivity index is 1.50. The Labute approximate surface area is 137 Å². The van der Waals surface area contributed by atoms with Gasteiger partial charge < -0.3 is 9.47 Å². The van der Waals surface area contributed by atoms with Crippen molar-refractivity contribution in [3.05, 3.63) is 29.1 Å². The summed E-state index contributed by atoms with van der Waals surface area (Å²) >= 11 is 1.53. The number of likely N-dealkylation sites (tertiary alicyclic amines) is 1. The lowest BCUT2D eigenvalue weighted by Gasteiger charge is -2.14. The molecule has 1 aromatic carbocycles. The van der Waals surface area contributed by atoms with Crippen molar-refractivity contribution in [2.75, 3.05) is 6.54 Å². The van der Waals surface area contributed by atoms with E-state index in [0.717, 1.165) is 27.9 Å². The molecule has 0 spiro atoms. The van der Waals surface area contributed by atoms with E-state index in [4.69, 9.17) is 0 Å². The summed E-state index contributed by atoms with van der Waals surface area (Å²) < 4.78 is 3.08. The van der Waals surface area contributed by atoms with Gasteiger partial charge in [-0.05, 0) is 25.0 Å². The van der Waals surface area contributed by atoms with Crippen LogP contribution in [0.4, 0.5) is 0 Å². The number of carbonyl (C=O) groups is 2. The second kappa shape index (κ2) is 5.49. The molecule has 4 rings (SSSR count). The van der Waals surface area contributed by atoms with E-state index in [-0.39, 0.29) is 17.7 Å². The molecule has 1 atom stereocenters. The van der Waals surface area contributed by atoms with Gasteiger partial charge >= 0.3 is 0 Å². The fourth-order valence-electron chi connectivity index (χ4n) is 3.03. The number of carbonyl (C=O) groups excluding carboxylic acids is 2. The first kappa shape index (κ1) is 14.4. The zero-order valence-electron chi connectivity index (χ0n) is 12.9. The molecule has 2 aliphatic rings. The molecule has 23 heavy (non-hydrogen) atoms. The van der Waals surface area contributed by atoms with Gasteiger partial charge in [-0.15, -0.1) is 5.10 Å². The first-order valence-corrected chi connectivity index (χ1v) is 8.63. The smallest absolute Gasteiger partial charge is 0.245 e. The van der Waals surface area contributed by atoms with Crippen molar-refractivity contribution in [1.29, 1.82) is 0 Å². The second-order valence-corrected chi connectivity index (χ2v) is 7.19. The van der Waals surface area contributed by atoms with E-state index in [1.165, 1.54) is 11.3 Å². The van der Waals surface area contributed by atoms with E-state index in [1.807, 2.05) is 40.8 Å². The molecule has 2 heterocycles. The molecule has 6 nitrogen and oxygen atoms in total. The molecular weight excluding hydrogens is 312 g/mol. The number of aromatic nitrogens is 1. The Morgan fingerprint density at radius 2 is 2.13 bits per heavy atom. The number of amides is 2. The minimum Gasteiger partial charge on any atom is -0.339 e. The van der Waals surface area contributed by atoms with Crippen LogP contribution in [0.1, 0.15) is 19.3 Å². The number of nitrogens with zero attached hydrogens (tertiary/aromatic N) is 3. The van der Waals surface area contributed by atoms with Gasteiger partial charge in [-0.2, -0.15) is 0 Å². The van der Waals surface area contributed by atoms with Crippen LogP contribution in [0.25, 0.3) is 10.2 Å². The molecule has 120 valence electrons. The fourth-order valence-corrected chi connectivity index (χ4v) is 4.01. The third-order valence-electron chi connectivity index (χ3n) is 4.49. The number of aryl methyl sites for hydroxylation is 1. The van der Waals surface area contributed by atoms with Gasteiger partial charge in [0.15, 0.2) is 0 Å². The standard InChI is InChI=1S/C16H18N4O2S/c1-19-12-4-2-3-5-13(12)23-16(19)18-17-15(22)10-8-14(21)20(9-10)11-6-7-11/h2-5,10-11H,6-9H2,1H3,(H,17,22)/b18-16+. The number of nitrogens with one attached hydrogen (secondary N) is 1. The first-order chi connectivity index (χ1) is 11.1. The normalized spacial score (nSPS) is 22.1. The molecule has 0 radical (unpaired) electrons. The average molecular weight is 330 g/mol. The Bertz CT molecular complexity index is 849. The van der Waals surface area contributed by atoms with E-state index in [9.17, 15) is 9.59 Å². The maximum absolute atomic E-state index is 12.3. The molecule has 1 N–H and O–H groups in total. The fraction of sp³-hybridized carbons (Fsp3) is 0.438. The number of thiazole rings is 1. The molecular formula is C16H18N4O2S. The highest BCUT2D eigenvalue weighted by Crippen LogP contribution is 2.32. The van der Waals surface area contributed by atoms with E-state index < -0.39 is 0 Å². The van der Waals surface area contributed by atoms with Crippen LogP contribution in [-0.2, 0) is 16.6 Å². The molecule has 2 aromatic rings. The summed E-state index contributed by atoms with van der Waals surface area (Å²) in [6.07, 6.45) is 2.44. The third kappa shape index (κ3) is 2.65. The summed E-state index contributed by atoms with van der Waals surface area (Å²) in [5, 5.41) is 4.25. The van der Waals surface area contributed by atoms with E-state index in [0.29, 0.717) is 19.0 Å². The molecule has 1 aromatic heterocycles. The van der Waals surface area contributed by atoms with Crippen molar-refractivity contribution in [3.63, 3.8) is 0 Å². The Morgan fingerprint density at radius 1 is 1.35 bits per heavy atom. The molecule has 0 bridgehead atoms. The number of para-hydroxylation sites is 1. The molecule has 2 fully saturated rings. The van der Waals surface area contributed by atoms with E-state index >= 15 is 0 Å². The highest BCUT2D eigenvalue weighted by Gasteiger charge is 2.41. The van der Waals surface area contributed by atoms with Gasteiger partial charge in [-0.25, -0.2) is 5.43 Å². The van der Waals surface area contributed by atoms with Gasteiger partial charge in [0, 0.05) is 26.1 Å². The Kier molecular flexibility index (Phi) is 3.45. The molecule has 7 heteroatoms. The summed E-state index contributed by atoms with van der Waals surface area (Å²) in [6.45, 7) is 0.531. The van der Waals surface area contributed by atoms with Crippen molar-refractivity contribution in [1.82, 2.24) is 14.9 Å². The maximum atomic E-state index is 12.3. The number of hydrogen-bond donors (Lipinski definition) is 1. The zero-order valence-corrected chi connectivity index (χ0v) is 13.7. The highest BCUT2D eigenvalue weighted by molar-refractivity contribution is 7.16. The molecule has 1 saturated heterocycles. The van der Waals surface area contributed by atoms with Gasteiger partial charge in [0.05, 0.1) is 16.1 Å². The lowest BCUT2D eigenvalue weighted by atomic mass is 10.1. The van der Waals surface area contributed by atoms with Crippen molar-refractivity contribution in [3.8, 4) is 0 Å². The van der Waals surface area contributed by atoms with Crippen molar-refractivity contribution in [2.24, 2.45) is 18.1 Å². The van der Waals surface area contributed by atoms with Crippen molar-refractivity contribution >= 4 is 33.4 Å². The van der Waals surface area contributed by atoms with Crippen LogP contribution in [0.15, 0.2) is 29.4 Å². The van der Waals surface area contributed by atoms with Crippen LogP contribution in [0.2, 0.25) is 0 Å². The van der Waals surface area contributed by atoms with Crippen LogP contribution in [0, 0.1) is 5.92 Å². The summed E-state index contributed by atoms with van der Waals surface area (Å²) in [7, 11) is 1.93. The molecule has 1 aliphatic heterocycles. The zero-order chi connectivity index (χ0) is 16.0. The Morgan fingerprint density at radius 3 is 2.87 bits per heavy atom. The highest BCUT2D eigenvalue weighted by atomic mass is 32.1. The van der Waals surface area contributed by atoms with Crippen LogP contribution >= 0.6 is 11.3 Å². The lowest BCUT2D eigenvalue weighted by molar-refractivity contribution is -0.129. The summed E-state index contributed by atoms with van der Waals surface area (Å²) in [5.74, 6) is -0.356. The molecule has 1 unspecified atom stereocenters. The summed E-state index contributed by atoms with van der Waals surface area (Å²) in [5.41, 5.74) is 3.72. The first-order valence-electron chi connectivity index (χ1n) is 7.81. The predicted octanol–water partition coefficient (Wildman–Crippen LogP) is 1.18. The van der Waals surface area contributed by atoms with Crippen LogP contribution < -0.4 is 10.2 Å². The number of rotatable bonds is 3. The van der Waals surface area contributed by atoms with Crippen LogP contribution in [-0.4, -0.2) is 33.9 Å². The van der Waals surface area contributed by atoms with Gasteiger partial charge in [-0.3, -0.25) is 9.59 Å². The average Bonchev–Trinajstić information content (AvgIpc) is 3.25. The molecule has 1 saturated carbocycles. The number of fused-ring (bicyclic) bond motifs is 1. The van der Waals surface area contributed by atoms with Gasteiger partial charge in [0.25, 0.3) is 0 Å². The van der Waals surface area contributed by atoms with Crippen molar-refractivity contribution < 1.29 is 9.59 Å². The monoisotopic (exact) mass is 330 g/mol. The SMILES string of the molecule is Cn1/c(=N\NC(=O)C2CC(=O)N(C3CC3)C2)sc2ccccc21. The minimum absolute atomic E-state index is 0.0973. The molecule has 1 aliphatic carbocycles. The second-order valence-electron chi connectivity index (χ2n) is 6.18. The van der Waals surface area contributed by atoms with E-state index in [1.54, 1.807) is 0 Å². The third-order valence-corrected chi connectivity index (χ3v) is 5.61. The van der Waals surface area contributed by atoms with Gasteiger partial charge in [0.2, 0.25) is 16.6 Å². The van der Waals surface area contributed by atoms with E-state index in [2.05, 4.69) is 10.5 Å². The molecule has 2 amide bonds. The quantitative estimate of drug-likeness (QED) is 0.859. The predicted molar refractivity (Wildman–Crippen MR) is 87.3 cm³/mol. The lowest BCUT2D eigenvalue weighted by Crippen LogP contribution is -2.32. The minimum atomic E-state index is -0.286. The number of hydrogen-bond acceptors (Lipinski definition) is 4. The van der Waals surface area contributed by atoms with Crippen molar-refractivity contribution in [2.45, 2.75) is 25.3 Å². The summed E-state index contributed by atoms with van der Waals surface area (Å²) in [6, 6.07) is 8.39. The largest absolute Gasteiger partial charge is 0.339 e. The summed E-state index contributed by atoms with van der Waals surface area (Å²) in [4.78, 5) is 26.8. The van der Waals surface area contributed by atoms with Gasteiger partial charge in [-0.1, -0.05) is 23.5 Å². The van der Waals surface area contributed by atoms with Crippen LogP contribution in [0.5, 0.6) is 0 Å². The number of benzene rings is 1. The maximum Gasteiger partial charge on any atom is 0.245 e. The van der Waals surface area contributed by atoms with Crippen LogP contribution in [0.3, 0.4) is 0 Å². The topological polar surface area (TPSA) is 66.7 Å². The van der Waals surface area contributed by atoms with Gasteiger partial charge in [0.1, 0.15) is 0 Å². The Hall–Kier alpha value is -2.15.